The van der Waals surface area contributed by atoms with Crippen LogP contribution in [-0.4, -0.2) is 54.3 Å². The fourth-order valence-electron chi connectivity index (χ4n) is 3.40. The molecule has 4 heterocycles. The molecule has 4 rings (SSSR count). The van der Waals surface area contributed by atoms with Crippen molar-refractivity contribution in [3.8, 4) is 11.8 Å². The maximum atomic E-state index is 12.0. The van der Waals surface area contributed by atoms with Gasteiger partial charge in [0.1, 0.15) is 11.5 Å². The number of ether oxygens (including phenoxy) is 2. The van der Waals surface area contributed by atoms with Gasteiger partial charge in [0.25, 0.3) is 11.1 Å². The summed E-state index contributed by atoms with van der Waals surface area (Å²) in [6.07, 6.45) is 3.92. The number of rotatable bonds is 4. The Bertz CT molecular complexity index is 1350. The van der Waals surface area contributed by atoms with Crippen molar-refractivity contribution < 1.29 is 29.3 Å². The molecule has 0 radical (unpaired) electrons. The van der Waals surface area contributed by atoms with E-state index in [1.54, 1.807) is 32.0 Å². The molecule has 0 atom stereocenters. The van der Waals surface area contributed by atoms with Gasteiger partial charge in [0.2, 0.25) is 11.8 Å². The zero-order valence-electron chi connectivity index (χ0n) is 18.7. The lowest BCUT2D eigenvalue weighted by molar-refractivity contribution is 0.0508. The summed E-state index contributed by atoms with van der Waals surface area (Å²) >= 11 is 0. The Hall–Kier alpha value is -4.22. The Morgan fingerprint density at radius 3 is 2.21 bits per heavy atom. The Morgan fingerprint density at radius 2 is 1.56 bits per heavy atom. The van der Waals surface area contributed by atoms with Gasteiger partial charge in [0, 0.05) is 19.2 Å². The van der Waals surface area contributed by atoms with Gasteiger partial charge >= 0.3 is 11.9 Å². The Kier molecular flexibility index (Phi) is 7.61. The molecule has 1 aliphatic heterocycles. The summed E-state index contributed by atoms with van der Waals surface area (Å²) in [7, 11) is 0. The summed E-state index contributed by atoms with van der Waals surface area (Å²) in [5.41, 5.74) is -1.70. The summed E-state index contributed by atoms with van der Waals surface area (Å²) in [5, 5.41) is 19.2. The highest BCUT2D eigenvalue weighted by atomic mass is 16.5. The number of aromatic hydroxyl groups is 2. The van der Waals surface area contributed by atoms with Gasteiger partial charge in [0.05, 0.1) is 13.2 Å². The SMILES string of the molecule is CCOC(=O)c1c(O)nc2ccccn2c1=O.CCOC(=O)c1c(O)nc2n(c1=O)CCCC2. The molecule has 0 spiro atoms. The lowest BCUT2D eigenvalue weighted by Gasteiger charge is -2.18. The average molecular weight is 472 g/mol. The standard InChI is InChI=1S/C11H14N2O4.C11H10N2O4/c2*1-2-17-11(16)8-9(14)12-7-5-3-4-6-13(7)10(8)15/h14H,2-6H2,1H3;3-6,14H,2H2,1H3. The van der Waals surface area contributed by atoms with E-state index in [4.69, 9.17) is 4.74 Å². The third kappa shape index (κ3) is 4.90. The van der Waals surface area contributed by atoms with E-state index in [1.807, 2.05) is 0 Å². The molecule has 0 saturated carbocycles. The minimum Gasteiger partial charge on any atom is -0.492 e. The van der Waals surface area contributed by atoms with Gasteiger partial charge in [-0.2, -0.15) is 9.97 Å². The van der Waals surface area contributed by atoms with Crippen LogP contribution in [0.25, 0.3) is 5.65 Å². The minimum atomic E-state index is -0.874. The summed E-state index contributed by atoms with van der Waals surface area (Å²) in [6.45, 7) is 4.06. The van der Waals surface area contributed by atoms with E-state index >= 15 is 0 Å². The third-order valence-electron chi connectivity index (χ3n) is 4.94. The van der Waals surface area contributed by atoms with Gasteiger partial charge in [-0.25, -0.2) is 9.59 Å². The highest BCUT2D eigenvalue weighted by Gasteiger charge is 2.24. The van der Waals surface area contributed by atoms with Crippen LogP contribution in [0.1, 0.15) is 53.2 Å². The van der Waals surface area contributed by atoms with Gasteiger partial charge in [-0.3, -0.25) is 18.6 Å². The topological polar surface area (TPSA) is 162 Å². The second-order valence-electron chi connectivity index (χ2n) is 7.13. The van der Waals surface area contributed by atoms with Crippen molar-refractivity contribution in [2.45, 2.75) is 39.7 Å². The van der Waals surface area contributed by atoms with Gasteiger partial charge < -0.3 is 19.7 Å². The van der Waals surface area contributed by atoms with Crippen molar-refractivity contribution in [3.63, 3.8) is 0 Å². The van der Waals surface area contributed by atoms with Gasteiger partial charge in [-0.05, 0) is 38.8 Å². The first-order chi connectivity index (χ1) is 16.3. The molecule has 0 fully saturated rings. The van der Waals surface area contributed by atoms with Gasteiger partial charge in [-0.15, -0.1) is 0 Å². The number of carbonyl (C=O) groups is 2. The van der Waals surface area contributed by atoms with Crippen molar-refractivity contribution in [2.24, 2.45) is 0 Å². The fraction of sp³-hybridized carbons (Fsp3) is 0.364. The number of carbonyl (C=O) groups excluding carboxylic acids is 2. The van der Waals surface area contributed by atoms with Crippen LogP contribution in [0.5, 0.6) is 11.8 Å². The van der Waals surface area contributed by atoms with Crippen LogP contribution in [-0.2, 0) is 22.4 Å². The van der Waals surface area contributed by atoms with E-state index < -0.39 is 40.4 Å². The Morgan fingerprint density at radius 1 is 0.941 bits per heavy atom. The smallest absolute Gasteiger partial charge is 0.349 e. The van der Waals surface area contributed by atoms with Crippen molar-refractivity contribution >= 4 is 17.6 Å². The number of esters is 2. The normalized spacial score (nSPS) is 12.3. The molecule has 0 unspecified atom stereocenters. The number of pyridine rings is 1. The minimum absolute atomic E-state index is 0.120. The quantitative estimate of drug-likeness (QED) is 0.525. The molecule has 3 aromatic rings. The number of hydrogen-bond acceptors (Lipinski definition) is 10. The molecule has 0 saturated heterocycles. The van der Waals surface area contributed by atoms with Gasteiger partial charge in [0.15, 0.2) is 11.1 Å². The molecule has 0 aliphatic carbocycles. The number of fused-ring (bicyclic) bond motifs is 2. The third-order valence-corrected chi connectivity index (χ3v) is 4.94. The number of nitrogens with zero attached hydrogens (tertiary/aromatic N) is 4. The summed E-state index contributed by atoms with van der Waals surface area (Å²) in [4.78, 5) is 54.6. The number of hydrogen-bond donors (Lipinski definition) is 2. The maximum absolute atomic E-state index is 12.0. The van der Waals surface area contributed by atoms with Crippen LogP contribution in [0.15, 0.2) is 34.0 Å². The molecule has 12 nitrogen and oxygen atoms in total. The average Bonchev–Trinajstić information content (AvgIpc) is 2.80. The van der Waals surface area contributed by atoms with E-state index in [0.29, 0.717) is 18.8 Å². The molecular formula is C22H24N4O8. The number of aromatic nitrogens is 4. The van der Waals surface area contributed by atoms with Crippen LogP contribution >= 0.6 is 0 Å². The van der Waals surface area contributed by atoms with Crippen LogP contribution in [0.4, 0.5) is 0 Å². The van der Waals surface area contributed by atoms with Gasteiger partial charge in [-0.1, -0.05) is 6.07 Å². The molecule has 0 bridgehead atoms. The first-order valence-corrected chi connectivity index (χ1v) is 10.7. The Labute approximate surface area is 193 Å². The van der Waals surface area contributed by atoms with Crippen LogP contribution in [0, 0.1) is 0 Å². The zero-order chi connectivity index (χ0) is 24.8. The van der Waals surface area contributed by atoms with Crippen molar-refractivity contribution in [1.82, 2.24) is 18.9 Å². The van der Waals surface area contributed by atoms with Crippen molar-refractivity contribution in [1.29, 1.82) is 0 Å². The fourth-order valence-corrected chi connectivity index (χ4v) is 3.40. The predicted octanol–water partition coefficient (Wildman–Crippen LogP) is 1.04. The lowest BCUT2D eigenvalue weighted by atomic mass is 10.1. The van der Waals surface area contributed by atoms with E-state index in [2.05, 4.69) is 14.7 Å². The van der Waals surface area contributed by atoms with E-state index in [-0.39, 0.29) is 24.4 Å². The molecule has 1 aliphatic rings. The monoisotopic (exact) mass is 472 g/mol. The van der Waals surface area contributed by atoms with Crippen LogP contribution in [0.2, 0.25) is 0 Å². The number of aryl methyl sites for hydroxylation is 1. The summed E-state index contributed by atoms with van der Waals surface area (Å²) in [5.74, 6) is -2.29. The highest BCUT2D eigenvalue weighted by molar-refractivity contribution is 5.92. The van der Waals surface area contributed by atoms with E-state index in [9.17, 15) is 29.4 Å². The Balaban J connectivity index is 0.000000191. The summed E-state index contributed by atoms with van der Waals surface area (Å²) < 4.78 is 12.0. The highest BCUT2D eigenvalue weighted by Crippen LogP contribution is 2.17. The van der Waals surface area contributed by atoms with Crippen molar-refractivity contribution in [2.75, 3.05) is 13.2 Å². The molecule has 180 valence electrons. The molecule has 3 aromatic heterocycles. The van der Waals surface area contributed by atoms with Crippen LogP contribution in [0.3, 0.4) is 0 Å². The predicted molar refractivity (Wildman–Crippen MR) is 118 cm³/mol. The van der Waals surface area contributed by atoms with Crippen molar-refractivity contribution in [3.05, 3.63) is 62.1 Å². The first-order valence-electron chi connectivity index (χ1n) is 10.7. The second kappa shape index (κ2) is 10.6. The molecule has 12 heteroatoms. The van der Waals surface area contributed by atoms with Crippen LogP contribution < -0.4 is 11.1 Å². The molecule has 0 aromatic carbocycles. The second-order valence-corrected chi connectivity index (χ2v) is 7.13. The largest absolute Gasteiger partial charge is 0.492 e. The maximum Gasteiger partial charge on any atom is 0.349 e. The summed E-state index contributed by atoms with van der Waals surface area (Å²) in [6, 6.07) is 4.85. The molecule has 0 amide bonds. The molecule has 34 heavy (non-hydrogen) atoms. The van der Waals surface area contributed by atoms with E-state index in [0.717, 1.165) is 12.8 Å². The zero-order valence-corrected chi connectivity index (χ0v) is 18.7. The molecule has 2 N–H and O–H groups in total. The molecular weight excluding hydrogens is 448 g/mol. The first kappa shape index (κ1) is 24.4. The van der Waals surface area contributed by atoms with E-state index in [1.165, 1.54) is 15.2 Å². The lowest BCUT2D eigenvalue weighted by Crippen LogP contribution is -2.33.